The van der Waals surface area contributed by atoms with Crippen molar-refractivity contribution in [3.63, 3.8) is 0 Å². The van der Waals surface area contributed by atoms with Gasteiger partial charge in [-0.25, -0.2) is 0 Å². The van der Waals surface area contributed by atoms with Crippen LogP contribution in [0.1, 0.15) is 11.1 Å². The van der Waals surface area contributed by atoms with E-state index < -0.39 is 23.6 Å². The zero-order valence-corrected chi connectivity index (χ0v) is 13.7. The van der Waals surface area contributed by atoms with E-state index in [0.29, 0.717) is 0 Å². The molecule has 0 unspecified atom stereocenters. The molecule has 0 aliphatic rings. The second-order valence-corrected chi connectivity index (χ2v) is 5.47. The van der Waals surface area contributed by atoms with Crippen LogP contribution in [0.25, 0.3) is 0 Å². The summed E-state index contributed by atoms with van der Waals surface area (Å²) in [5.41, 5.74) is -0.00977. The molecule has 0 aliphatic heterocycles. The van der Waals surface area contributed by atoms with Crippen LogP contribution in [0, 0.1) is 0 Å². The molecule has 0 radical (unpaired) electrons. The summed E-state index contributed by atoms with van der Waals surface area (Å²) in [6.45, 7) is -0.249. The van der Waals surface area contributed by atoms with E-state index in [1.165, 1.54) is 0 Å². The van der Waals surface area contributed by atoms with E-state index in [2.05, 4.69) is 5.32 Å². The molecule has 0 saturated carbocycles. The standard InChI is InChI=1S/C18H17F3N2O3/c19-18(20,21)14-6-8-15(9-7-14)22-16(25)17(26)23(10-11-24)12-13-4-2-1-3-5-13/h1-9,24H,10-12H2,(H,22,25). The first-order chi connectivity index (χ1) is 12.3. The van der Waals surface area contributed by atoms with E-state index in [4.69, 9.17) is 5.11 Å². The first-order valence-corrected chi connectivity index (χ1v) is 7.73. The Labute approximate surface area is 148 Å². The lowest BCUT2D eigenvalue weighted by atomic mass is 10.2. The molecule has 0 fully saturated rings. The Kier molecular flexibility index (Phi) is 6.35. The molecule has 5 nitrogen and oxygen atoms in total. The topological polar surface area (TPSA) is 69.6 Å². The normalized spacial score (nSPS) is 11.1. The van der Waals surface area contributed by atoms with Crippen LogP contribution >= 0.6 is 0 Å². The molecule has 0 atom stereocenters. The van der Waals surface area contributed by atoms with Crippen LogP contribution in [0.4, 0.5) is 18.9 Å². The average molecular weight is 366 g/mol. The highest BCUT2D eigenvalue weighted by atomic mass is 19.4. The number of aliphatic hydroxyl groups excluding tert-OH is 1. The number of nitrogens with zero attached hydrogens (tertiary/aromatic N) is 1. The van der Waals surface area contributed by atoms with Crippen LogP contribution in [0.15, 0.2) is 54.6 Å². The summed E-state index contributed by atoms with van der Waals surface area (Å²) in [7, 11) is 0. The molecule has 0 aliphatic carbocycles. The van der Waals surface area contributed by atoms with Crippen LogP contribution in [0.5, 0.6) is 0 Å². The van der Waals surface area contributed by atoms with Gasteiger partial charge >= 0.3 is 18.0 Å². The predicted octanol–water partition coefficient (Wildman–Crippen LogP) is 2.67. The molecule has 0 bridgehead atoms. The highest BCUT2D eigenvalue weighted by Crippen LogP contribution is 2.29. The molecule has 0 saturated heterocycles. The van der Waals surface area contributed by atoms with Crippen LogP contribution in [-0.2, 0) is 22.3 Å². The Bertz CT molecular complexity index is 747. The molecule has 138 valence electrons. The fourth-order valence-corrected chi connectivity index (χ4v) is 2.25. The zero-order valence-electron chi connectivity index (χ0n) is 13.7. The monoisotopic (exact) mass is 366 g/mol. The van der Waals surface area contributed by atoms with E-state index in [9.17, 15) is 22.8 Å². The number of hydrogen-bond acceptors (Lipinski definition) is 3. The molecule has 26 heavy (non-hydrogen) atoms. The number of aliphatic hydroxyl groups is 1. The number of nitrogens with one attached hydrogen (secondary N) is 1. The van der Waals surface area contributed by atoms with Gasteiger partial charge in [0, 0.05) is 18.8 Å². The minimum Gasteiger partial charge on any atom is -0.395 e. The second kappa shape index (κ2) is 8.48. The van der Waals surface area contributed by atoms with Gasteiger partial charge in [-0.3, -0.25) is 9.59 Å². The fraction of sp³-hybridized carbons (Fsp3) is 0.222. The lowest BCUT2D eigenvalue weighted by Crippen LogP contribution is -2.40. The molecule has 2 rings (SSSR count). The largest absolute Gasteiger partial charge is 0.416 e. The lowest BCUT2D eigenvalue weighted by molar-refractivity contribution is -0.143. The molecule has 2 aromatic rings. The summed E-state index contributed by atoms with van der Waals surface area (Å²) in [4.78, 5) is 25.5. The highest BCUT2D eigenvalue weighted by molar-refractivity contribution is 6.39. The van der Waals surface area contributed by atoms with Gasteiger partial charge in [-0.2, -0.15) is 13.2 Å². The van der Waals surface area contributed by atoms with E-state index in [-0.39, 0.29) is 25.4 Å². The van der Waals surface area contributed by atoms with Crippen molar-refractivity contribution in [2.75, 3.05) is 18.5 Å². The maximum absolute atomic E-state index is 12.5. The number of benzene rings is 2. The van der Waals surface area contributed by atoms with E-state index >= 15 is 0 Å². The van der Waals surface area contributed by atoms with E-state index in [1.54, 1.807) is 30.3 Å². The third-order valence-corrected chi connectivity index (χ3v) is 3.54. The highest BCUT2D eigenvalue weighted by Gasteiger charge is 2.30. The van der Waals surface area contributed by atoms with Gasteiger partial charge in [0.05, 0.1) is 12.2 Å². The summed E-state index contributed by atoms with van der Waals surface area (Å²) in [5, 5.41) is 11.4. The molecule has 0 spiro atoms. The van der Waals surface area contributed by atoms with Crippen LogP contribution < -0.4 is 5.32 Å². The van der Waals surface area contributed by atoms with Crippen LogP contribution in [-0.4, -0.2) is 35.0 Å². The smallest absolute Gasteiger partial charge is 0.395 e. The number of amides is 2. The first-order valence-electron chi connectivity index (χ1n) is 7.73. The van der Waals surface area contributed by atoms with Crippen molar-refractivity contribution in [2.45, 2.75) is 12.7 Å². The maximum atomic E-state index is 12.5. The fourth-order valence-electron chi connectivity index (χ4n) is 2.25. The van der Waals surface area contributed by atoms with Crippen molar-refractivity contribution < 1.29 is 27.9 Å². The molecular formula is C18H17F3N2O3. The van der Waals surface area contributed by atoms with Gasteiger partial charge in [0.1, 0.15) is 0 Å². The second-order valence-electron chi connectivity index (χ2n) is 5.47. The van der Waals surface area contributed by atoms with Gasteiger partial charge in [-0.15, -0.1) is 0 Å². The number of anilines is 1. The lowest BCUT2D eigenvalue weighted by Gasteiger charge is -2.21. The zero-order chi connectivity index (χ0) is 19.2. The van der Waals surface area contributed by atoms with Crippen molar-refractivity contribution in [1.82, 2.24) is 4.90 Å². The number of hydrogen-bond donors (Lipinski definition) is 2. The molecule has 8 heteroatoms. The summed E-state index contributed by atoms with van der Waals surface area (Å²) >= 11 is 0. The van der Waals surface area contributed by atoms with Gasteiger partial charge in [0.15, 0.2) is 0 Å². The summed E-state index contributed by atoms with van der Waals surface area (Å²) in [6, 6.07) is 12.7. The van der Waals surface area contributed by atoms with Gasteiger partial charge in [-0.1, -0.05) is 30.3 Å². The number of carbonyl (C=O) groups is 2. The van der Waals surface area contributed by atoms with Crippen molar-refractivity contribution in [3.8, 4) is 0 Å². The minimum atomic E-state index is -4.48. The maximum Gasteiger partial charge on any atom is 0.416 e. The SMILES string of the molecule is O=C(Nc1ccc(C(F)(F)F)cc1)C(=O)N(CCO)Cc1ccccc1. The van der Waals surface area contributed by atoms with E-state index in [0.717, 1.165) is 34.7 Å². The van der Waals surface area contributed by atoms with Gasteiger partial charge in [0.25, 0.3) is 0 Å². The Morgan fingerprint density at radius 2 is 1.62 bits per heavy atom. The number of rotatable bonds is 5. The molecular weight excluding hydrogens is 349 g/mol. The van der Waals surface area contributed by atoms with Gasteiger partial charge in [0.2, 0.25) is 0 Å². The first kappa shape index (κ1) is 19.5. The predicted molar refractivity (Wildman–Crippen MR) is 89.0 cm³/mol. The van der Waals surface area contributed by atoms with E-state index in [1.807, 2.05) is 0 Å². The van der Waals surface area contributed by atoms with Crippen LogP contribution in [0.3, 0.4) is 0 Å². The number of carbonyl (C=O) groups excluding carboxylic acids is 2. The molecule has 2 aromatic carbocycles. The Morgan fingerprint density at radius 3 is 2.15 bits per heavy atom. The molecule has 2 amide bonds. The van der Waals surface area contributed by atoms with Gasteiger partial charge in [-0.05, 0) is 29.8 Å². The quantitative estimate of drug-likeness (QED) is 0.800. The summed E-state index contributed by atoms with van der Waals surface area (Å²) < 4.78 is 37.6. The van der Waals surface area contributed by atoms with Crippen molar-refractivity contribution in [1.29, 1.82) is 0 Å². The third-order valence-electron chi connectivity index (χ3n) is 3.54. The molecule has 0 aromatic heterocycles. The Hall–Kier alpha value is -2.87. The molecule has 2 N–H and O–H groups in total. The third kappa shape index (κ3) is 5.32. The van der Waals surface area contributed by atoms with Gasteiger partial charge < -0.3 is 15.3 Å². The van der Waals surface area contributed by atoms with Crippen molar-refractivity contribution in [3.05, 3.63) is 65.7 Å². The van der Waals surface area contributed by atoms with Crippen molar-refractivity contribution in [2.24, 2.45) is 0 Å². The number of alkyl halides is 3. The summed E-state index contributed by atoms with van der Waals surface area (Å²) in [6.07, 6.45) is -4.48. The number of halogens is 3. The summed E-state index contributed by atoms with van der Waals surface area (Å²) in [5.74, 6) is -1.88. The minimum absolute atomic E-state index is 0.0475. The Balaban J connectivity index is 2.05. The van der Waals surface area contributed by atoms with Crippen molar-refractivity contribution >= 4 is 17.5 Å². The van der Waals surface area contributed by atoms with Crippen LogP contribution in [0.2, 0.25) is 0 Å². The Morgan fingerprint density at radius 1 is 1.00 bits per heavy atom. The molecule has 0 heterocycles. The average Bonchev–Trinajstić information content (AvgIpc) is 2.61.